The van der Waals surface area contributed by atoms with Crippen molar-refractivity contribution < 1.29 is 4.79 Å². The molecule has 20 heavy (non-hydrogen) atoms. The molecule has 106 valence electrons. The number of rotatable bonds is 2. The second kappa shape index (κ2) is 5.05. The summed E-state index contributed by atoms with van der Waals surface area (Å²) in [6.45, 7) is 5.18. The zero-order valence-corrected chi connectivity index (χ0v) is 13.0. The summed E-state index contributed by atoms with van der Waals surface area (Å²) in [7, 11) is 0. The van der Waals surface area contributed by atoms with Gasteiger partial charge in [0.25, 0.3) is 5.91 Å². The molecule has 2 aromatic rings. The Morgan fingerprint density at radius 2 is 2.30 bits per heavy atom. The Morgan fingerprint density at radius 1 is 1.50 bits per heavy atom. The number of likely N-dealkylation sites (tertiary alicyclic amines) is 1. The molecule has 6 nitrogen and oxygen atoms in total. The number of carbonyl (C=O) groups is 1. The van der Waals surface area contributed by atoms with Gasteiger partial charge in [-0.1, -0.05) is 0 Å². The first-order valence-electron chi connectivity index (χ1n) is 6.56. The molecule has 1 unspecified atom stereocenters. The van der Waals surface area contributed by atoms with Crippen LogP contribution in [0.15, 0.2) is 16.9 Å². The predicted octanol–water partition coefficient (Wildman–Crippen LogP) is 2.07. The van der Waals surface area contributed by atoms with E-state index in [9.17, 15) is 4.79 Å². The number of nitrogens with zero attached hydrogens (tertiary/aromatic N) is 4. The summed E-state index contributed by atoms with van der Waals surface area (Å²) in [5, 5.41) is 11.3. The monoisotopic (exact) mass is 337 g/mol. The van der Waals surface area contributed by atoms with Gasteiger partial charge in [0.2, 0.25) is 0 Å². The van der Waals surface area contributed by atoms with Crippen LogP contribution in [0.4, 0.5) is 0 Å². The molecular formula is C13H16BrN5O. The van der Waals surface area contributed by atoms with Gasteiger partial charge in [-0.05, 0) is 36.2 Å². The van der Waals surface area contributed by atoms with Gasteiger partial charge in [-0.3, -0.25) is 14.6 Å². The van der Waals surface area contributed by atoms with E-state index in [1.807, 2.05) is 29.6 Å². The Kier molecular flexibility index (Phi) is 3.37. The minimum Gasteiger partial charge on any atom is -0.336 e. The summed E-state index contributed by atoms with van der Waals surface area (Å²) in [5.41, 5.74) is 2.29. The molecule has 1 amide bonds. The number of nitrogens with one attached hydrogen (secondary N) is 1. The predicted molar refractivity (Wildman–Crippen MR) is 77.5 cm³/mol. The van der Waals surface area contributed by atoms with E-state index in [1.54, 1.807) is 6.20 Å². The summed E-state index contributed by atoms with van der Waals surface area (Å²) in [5.74, 6) is 0.0578. The van der Waals surface area contributed by atoms with Crippen LogP contribution in [0, 0.1) is 13.8 Å². The smallest absolute Gasteiger partial charge is 0.257 e. The molecule has 1 N–H and O–H groups in total. The lowest BCUT2D eigenvalue weighted by molar-refractivity contribution is 0.0785. The lowest BCUT2D eigenvalue weighted by Gasteiger charge is -2.16. The zero-order valence-electron chi connectivity index (χ0n) is 11.4. The van der Waals surface area contributed by atoms with Crippen LogP contribution in [0.5, 0.6) is 0 Å². The van der Waals surface area contributed by atoms with Gasteiger partial charge in [-0.2, -0.15) is 10.2 Å². The highest BCUT2D eigenvalue weighted by atomic mass is 79.9. The molecule has 0 aliphatic carbocycles. The topological polar surface area (TPSA) is 66.8 Å². The molecular weight excluding hydrogens is 322 g/mol. The van der Waals surface area contributed by atoms with Crippen molar-refractivity contribution >= 4 is 21.8 Å². The SMILES string of the molecule is Cc1n[nH]c(C)c1C(=O)N1CCC(n2cc(Br)cn2)C1. The maximum atomic E-state index is 12.6. The zero-order chi connectivity index (χ0) is 14.3. The fourth-order valence-corrected chi connectivity index (χ4v) is 2.98. The average molecular weight is 338 g/mol. The first-order valence-corrected chi connectivity index (χ1v) is 7.36. The molecule has 2 aromatic heterocycles. The normalized spacial score (nSPS) is 18.8. The van der Waals surface area contributed by atoms with Gasteiger partial charge >= 0.3 is 0 Å². The second-order valence-electron chi connectivity index (χ2n) is 5.14. The molecule has 3 rings (SSSR count). The van der Waals surface area contributed by atoms with Crippen LogP contribution in [-0.2, 0) is 0 Å². The minimum atomic E-state index is 0.0578. The van der Waals surface area contributed by atoms with Crippen molar-refractivity contribution in [2.75, 3.05) is 13.1 Å². The van der Waals surface area contributed by atoms with E-state index in [1.165, 1.54) is 0 Å². The van der Waals surface area contributed by atoms with Crippen LogP contribution in [0.25, 0.3) is 0 Å². The van der Waals surface area contributed by atoms with Gasteiger partial charge in [-0.25, -0.2) is 0 Å². The van der Waals surface area contributed by atoms with E-state index in [0.29, 0.717) is 12.1 Å². The molecule has 1 atom stereocenters. The molecule has 1 aliphatic heterocycles. The van der Waals surface area contributed by atoms with E-state index < -0.39 is 0 Å². The Morgan fingerprint density at radius 3 is 2.90 bits per heavy atom. The Labute approximate surface area is 125 Å². The Bertz CT molecular complexity index is 627. The highest BCUT2D eigenvalue weighted by Gasteiger charge is 2.30. The quantitative estimate of drug-likeness (QED) is 0.912. The molecule has 0 radical (unpaired) electrons. The van der Waals surface area contributed by atoms with Crippen LogP contribution in [-0.4, -0.2) is 43.9 Å². The van der Waals surface area contributed by atoms with E-state index in [4.69, 9.17) is 0 Å². The van der Waals surface area contributed by atoms with Crippen LogP contribution >= 0.6 is 15.9 Å². The van der Waals surface area contributed by atoms with Crippen LogP contribution in [0.2, 0.25) is 0 Å². The summed E-state index contributed by atoms with van der Waals surface area (Å²) < 4.78 is 2.88. The number of amides is 1. The number of halogens is 1. The summed E-state index contributed by atoms with van der Waals surface area (Å²) >= 11 is 3.40. The maximum Gasteiger partial charge on any atom is 0.257 e. The molecule has 0 aromatic carbocycles. The van der Waals surface area contributed by atoms with E-state index >= 15 is 0 Å². The van der Waals surface area contributed by atoms with Gasteiger partial charge in [0, 0.05) is 25.0 Å². The van der Waals surface area contributed by atoms with Crippen LogP contribution < -0.4 is 0 Å². The van der Waals surface area contributed by atoms with Crippen molar-refractivity contribution in [3.8, 4) is 0 Å². The summed E-state index contributed by atoms with van der Waals surface area (Å²) in [6, 6.07) is 0.248. The number of aryl methyl sites for hydroxylation is 2. The van der Waals surface area contributed by atoms with Crippen molar-refractivity contribution in [2.24, 2.45) is 0 Å². The number of aromatic amines is 1. The third-order valence-corrected chi connectivity index (χ3v) is 4.15. The Hall–Kier alpha value is -1.63. The lowest BCUT2D eigenvalue weighted by atomic mass is 10.2. The fraction of sp³-hybridized carbons (Fsp3) is 0.462. The number of aromatic nitrogens is 4. The number of H-pyrrole nitrogens is 1. The minimum absolute atomic E-state index is 0.0578. The third-order valence-electron chi connectivity index (χ3n) is 3.74. The van der Waals surface area contributed by atoms with Gasteiger partial charge in [0.15, 0.2) is 0 Å². The van der Waals surface area contributed by atoms with Gasteiger partial charge in [-0.15, -0.1) is 0 Å². The third kappa shape index (κ3) is 2.26. The standard InChI is InChI=1S/C13H16BrN5O/c1-8-12(9(2)17-16-8)13(20)18-4-3-11(7-18)19-6-10(14)5-15-19/h5-6,11H,3-4,7H2,1-2H3,(H,16,17). The highest BCUT2D eigenvalue weighted by Crippen LogP contribution is 2.25. The maximum absolute atomic E-state index is 12.6. The second-order valence-corrected chi connectivity index (χ2v) is 6.06. The van der Waals surface area contributed by atoms with E-state index in [2.05, 4.69) is 31.2 Å². The Balaban J connectivity index is 1.76. The first-order chi connectivity index (χ1) is 9.56. The fourth-order valence-electron chi connectivity index (χ4n) is 2.68. The number of hydrogen-bond acceptors (Lipinski definition) is 3. The largest absolute Gasteiger partial charge is 0.336 e. The van der Waals surface area contributed by atoms with Crippen LogP contribution in [0.3, 0.4) is 0 Å². The van der Waals surface area contributed by atoms with Crippen molar-refractivity contribution in [1.29, 1.82) is 0 Å². The van der Waals surface area contributed by atoms with Gasteiger partial charge < -0.3 is 4.90 Å². The molecule has 0 bridgehead atoms. The average Bonchev–Trinajstić information content (AvgIpc) is 3.10. The molecule has 7 heteroatoms. The highest BCUT2D eigenvalue weighted by molar-refractivity contribution is 9.10. The summed E-state index contributed by atoms with van der Waals surface area (Å²) in [4.78, 5) is 14.4. The number of hydrogen-bond donors (Lipinski definition) is 1. The lowest BCUT2D eigenvalue weighted by Crippen LogP contribution is -2.30. The molecule has 3 heterocycles. The van der Waals surface area contributed by atoms with Crippen molar-refractivity contribution in [3.05, 3.63) is 33.8 Å². The molecule has 1 fully saturated rings. The van der Waals surface area contributed by atoms with Crippen molar-refractivity contribution in [3.63, 3.8) is 0 Å². The molecule has 0 saturated carbocycles. The van der Waals surface area contributed by atoms with Gasteiger partial charge in [0.05, 0.1) is 28.0 Å². The molecule has 1 saturated heterocycles. The first kappa shape index (κ1) is 13.4. The van der Waals surface area contributed by atoms with E-state index in [-0.39, 0.29) is 11.9 Å². The molecule has 0 spiro atoms. The van der Waals surface area contributed by atoms with E-state index in [0.717, 1.165) is 28.8 Å². The molecule has 1 aliphatic rings. The summed E-state index contributed by atoms with van der Waals surface area (Å²) in [6.07, 6.45) is 4.65. The number of carbonyl (C=O) groups excluding carboxylic acids is 1. The van der Waals surface area contributed by atoms with Crippen molar-refractivity contribution in [2.45, 2.75) is 26.3 Å². The van der Waals surface area contributed by atoms with Crippen molar-refractivity contribution in [1.82, 2.24) is 24.9 Å². The van der Waals surface area contributed by atoms with Crippen LogP contribution in [0.1, 0.15) is 34.2 Å². The van der Waals surface area contributed by atoms with Gasteiger partial charge in [0.1, 0.15) is 0 Å².